The second-order valence-electron chi connectivity index (χ2n) is 3.46. The minimum atomic E-state index is -2.11. The summed E-state index contributed by atoms with van der Waals surface area (Å²) in [6.07, 6.45) is -1.77. The van der Waals surface area contributed by atoms with Gasteiger partial charge < -0.3 is 10.5 Å². The van der Waals surface area contributed by atoms with Crippen LogP contribution in [0.3, 0.4) is 0 Å². The van der Waals surface area contributed by atoms with E-state index in [0.717, 1.165) is 20.1 Å². The molecule has 0 heterocycles. The van der Waals surface area contributed by atoms with Crippen LogP contribution in [0.2, 0.25) is 0 Å². The lowest BCUT2D eigenvalue weighted by atomic mass is 9.86. The number of alkyl halides is 1. The second kappa shape index (κ2) is 4.57. The largest absolute Gasteiger partial charge is 0.467 e. The summed E-state index contributed by atoms with van der Waals surface area (Å²) in [5, 5.41) is 0. The van der Waals surface area contributed by atoms with Crippen molar-refractivity contribution in [1.29, 1.82) is 0 Å². The Kier molecular flexibility index (Phi) is 3.59. The summed E-state index contributed by atoms with van der Waals surface area (Å²) in [7, 11) is 1.08. The third-order valence-electron chi connectivity index (χ3n) is 2.47. The zero-order valence-electron chi connectivity index (χ0n) is 9.04. The third kappa shape index (κ3) is 1.90. The number of ether oxygens (including phenoxy) is 1. The Morgan fingerprint density at radius 3 is 2.50 bits per heavy atom. The summed E-state index contributed by atoms with van der Waals surface area (Å²) in [6, 6.07) is 5.29. The minimum Gasteiger partial charge on any atom is -0.467 e. The molecule has 0 aliphatic carbocycles. The zero-order chi connectivity index (χ0) is 12.3. The second-order valence-corrected chi connectivity index (χ2v) is 3.46. The molecule has 0 aromatic heterocycles. The topological polar surface area (TPSA) is 52.3 Å². The Hall–Kier alpha value is -1.49. The van der Waals surface area contributed by atoms with E-state index >= 15 is 0 Å². The Morgan fingerprint density at radius 1 is 1.50 bits per heavy atom. The summed E-state index contributed by atoms with van der Waals surface area (Å²) in [5.74, 6) is -1.74. The molecule has 0 saturated carbocycles. The lowest BCUT2D eigenvalue weighted by Crippen LogP contribution is -2.52. The van der Waals surface area contributed by atoms with Crippen LogP contribution in [0.15, 0.2) is 24.3 Å². The number of methoxy groups -OCH3 is 1. The van der Waals surface area contributed by atoms with Crippen LogP contribution in [0.25, 0.3) is 0 Å². The Balaban J connectivity index is 3.33. The van der Waals surface area contributed by atoms with Crippen molar-refractivity contribution in [2.45, 2.75) is 18.6 Å². The van der Waals surface area contributed by atoms with Crippen molar-refractivity contribution in [3.05, 3.63) is 35.6 Å². The van der Waals surface area contributed by atoms with Gasteiger partial charge in [0.05, 0.1) is 7.11 Å². The molecule has 2 atom stereocenters. The molecule has 1 aromatic rings. The fourth-order valence-corrected chi connectivity index (χ4v) is 1.45. The van der Waals surface area contributed by atoms with E-state index in [1.54, 1.807) is 0 Å². The molecule has 0 radical (unpaired) electrons. The predicted molar refractivity (Wildman–Crippen MR) is 54.9 cm³/mol. The van der Waals surface area contributed by atoms with Crippen molar-refractivity contribution < 1.29 is 18.3 Å². The van der Waals surface area contributed by atoms with Crippen LogP contribution in [-0.4, -0.2) is 19.3 Å². The van der Waals surface area contributed by atoms with E-state index in [0.29, 0.717) is 0 Å². The molecule has 1 aromatic carbocycles. The molecule has 0 fully saturated rings. The summed E-state index contributed by atoms with van der Waals surface area (Å²) in [4.78, 5) is 11.5. The first kappa shape index (κ1) is 12.6. The highest BCUT2D eigenvalue weighted by Crippen LogP contribution is 2.28. The van der Waals surface area contributed by atoms with Crippen LogP contribution in [0, 0.1) is 5.82 Å². The van der Waals surface area contributed by atoms with Gasteiger partial charge in [0.1, 0.15) is 12.0 Å². The van der Waals surface area contributed by atoms with E-state index in [9.17, 15) is 13.6 Å². The highest BCUT2D eigenvalue weighted by atomic mass is 19.1. The van der Waals surface area contributed by atoms with E-state index in [4.69, 9.17) is 5.73 Å². The fraction of sp³-hybridized carbons (Fsp3) is 0.364. The molecule has 0 bridgehead atoms. The van der Waals surface area contributed by atoms with Crippen molar-refractivity contribution in [1.82, 2.24) is 0 Å². The van der Waals surface area contributed by atoms with Gasteiger partial charge in [0.25, 0.3) is 0 Å². The zero-order valence-corrected chi connectivity index (χ0v) is 9.04. The molecule has 2 unspecified atom stereocenters. The molecule has 1 rings (SSSR count). The van der Waals surface area contributed by atoms with Gasteiger partial charge in [0, 0.05) is 5.56 Å². The van der Waals surface area contributed by atoms with Gasteiger partial charge in [-0.3, -0.25) is 0 Å². The smallest absolute Gasteiger partial charge is 0.333 e. The first-order chi connectivity index (χ1) is 7.44. The average molecular weight is 229 g/mol. The molecular weight excluding hydrogens is 216 g/mol. The molecule has 2 N–H and O–H groups in total. The van der Waals surface area contributed by atoms with Crippen molar-refractivity contribution >= 4 is 5.97 Å². The lowest BCUT2D eigenvalue weighted by Gasteiger charge is -2.28. The summed E-state index contributed by atoms with van der Waals surface area (Å²) in [6.45, 7) is 1.09. The normalized spacial score (nSPS) is 16.3. The highest BCUT2D eigenvalue weighted by molar-refractivity contribution is 5.83. The van der Waals surface area contributed by atoms with Gasteiger partial charge in [0.2, 0.25) is 0 Å². The van der Waals surface area contributed by atoms with E-state index in [2.05, 4.69) is 4.74 Å². The SMILES string of the molecule is COC(=O)C(N)(c1ccccc1F)C(C)F. The average Bonchev–Trinajstić information content (AvgIpc) is 2.27. The number of hydrogen-bond donors (Lipinski definition) is 1. The van der Waals surface area contributed by atoms with Crippen LogP contribution in [-0.2, 0) is 15.1 Å². The van der Waals surface area contributed by atoms with E-state index < -0.39 is 23.5 Å². The molecule has 3 nitrogen and oxygen atoms in total. The first-order valence-electron chi connectivity index (χ1n) is 4.71. The number of hydrogen-bond acceptors (Lipinski definition) is 3. The molecule has 16 heavy (non-hydrogen) atoms. The van der Waals surface area contributed by atoms with Crippen molar-refractivity contribution in [3.8, 4) is 0 Å². The van der Waals surface area contributed by atoms with E-state index in [-0.39, 0.29) is 5.56 Å². The third-order valence-corrected chi connectivity index (χ3v) is 2.47. The van der Waals surface area contributed by atoms with Gasteiger partial charge in [-0.1, -0.05) is 18.2 Å². The summed E-state index contributed by atoms with van der Waals surface area (Å²) >= 11 is 0. The number of carbonyl (C=O) groups excluding carboxylic acids is 1. The van der Waals surface area contributed by atoms with Gasteiger partial charge >= 0.3 is 5.97 Å². The molecule has 0 saturated heterocycles. The van der Waals surface area contributed by atoms with Gasteiger partial charge in [-0.05, 0) is 13.0 Å². The van der Waals surface area contributed by atoms with Crippen molar-refractivity contribution in [2.75, 3.05) is 7.11 Å². The molecule has 0 aliphatic heterocycles. The Morgan fingerprint density at radius 2 is 2.06 bits per heavy atom. The van der Waals surface area contributed by atoms with Gasteiger partial charge in [-0.25, -0.2) is 13.6 Å². The molecule has 5 heteroatoms. The quantitative estimate of drug-likeness (QED) is 0.799. The molecule has 0 spiro atoms. The number of nitrogens with two attached hydrogens (primary N) is 1. The summed E-state index contributed by atoms with van der Waals surface area (Å²) < 4.78 is 31.4. The molecule has 0 aliphatic rings. The number of rotatable bonds is 3. The monoisotopic (exact) mass is 229 g/mol. The minimum absolute atomic E-state index is 0.211. The number of halogens is 2. The number of benzene rings is 1. The van der Waals surface area contributed by atoms with E-state index in [1.807, 2.05) is 0 Å². The Labute approximate surface area is 92.2 Å². The predicted octanol–water partition coefficient (Wildman–Crippen LogP) is 1.51. The first-order valence-corrected chi connectivity index (χ1v) is 4.71. The Bertz CT molecular complexity index is 395. The maximum absolute atomic E-state index is 13.5. The van der Waals surface area contributed by atoms with Crippen LogP contribution >= 0.6 is 0 Å². The fourth-order valence-electron chi connectivity index (χ4n) is 1.45. The van der Waals surface area contributed by atoms with Crippen LogP contribution in [0.4, 0.5) is 8.78 Å². The highest BCUT2D eigenvalue weighted by Gasteiger charge is 2.45. The van der Waals surface area contributed by atoms with Crippen molar-refractivity contribution in [2.24, 2.45) is 5.73 Å². The standard InChI is InChI=1S/C11H13F2NO2/c1-7(12)11(14,10(15)16-2)8-5-3-4-6-9(8)13/h3-7H,14H2,1-2H3. The lowest BCUT2D eigenvalue weighted by molar-refractivity contribution is -0.150. The van der Waals surface area contributed by atoms with Crippen LogP contribution in [0.1, 0.15) is 12.5 Å². The van der Waals surface area contributed by atoms with E-state index in [1.165, 1.54) is 18.2 Å². The maximum Gasteiger partial charge on any atom is 0.333 e. The number of esters is 1. The van der Waals surface area contributed by atoms with Crippen molar-refractivity contribution in [3.63, 3.8) is 0 Å². The van der Waals surface area contributed by atoms with Gasteiger partial charge in [0.15, 0.2) is 5.54 Å². The van der Waals surface area contributed by atoms with Gasteiger partial charge in [-0.15, -0.1) is 0 Å². The molecule has 88 valence electrons. The van der Waals surface area contributed by atoms with Crippen LogP contribution in [0.5, 0.6) is 0 Å². The van der Waals surface area contributed by atoms with Crippen LogP contribution < -0.4 is 5.73 Å². The maximum atomic E-state index is 13.5. The molecular formula is C11H13F2NO2. The molecule has 0 amide bonds. The summed E-state index contributed by atoms with van der Waals surface area (Å²) in [5.41, 5.74) is 3.31. The van der Waals surface area contributed by atoms with Gasteiger partial charge in [-0.2, -0.15) is 0 Å². The number of carbonyl (C=O) groups is 1.